The van der Waals surface area contributed by atoms with Gasteiger partial charge in [-0.25, -0.2) is 4.79 Å². The van der Waals surface area contributed by atoms with Crippen molar-refractivity contribution in [3.8, 4) is 0 Å². The summed E-state index contributed by atoms with van der Waals surface area (Å²) in [6, 6.07) is -0.0362. The quantitative estimate of drug-likeness (QED) is 0.812. The zero-order valence-electron chi connectivity index (χ0n) is 15.4. The topological polar surface area (TPSA) is 71.4 Å². The summed E-state index contributed by atoms with van der Waals surface area (Å²) in [5.74, 6) is 0. The molecule has 2 rings (SSSR count). The molecule has 2 N–H and O–H groups in total. The lowest BCUT2D eigenvalue weighted by Gasteiger charge is -2.20. The third-order valence-corrected chi connectivity index (χ3v) is 4.58. The molecule has 7 nitrogen and oxygen atoms in total. The third kappa shape index (κ3) is 5.49. The molecule has 1 aliphatic heterocycles. The molecule has 24 heavy (non-hydrogen) atoms. The van der Waals surface area contributed by atoms with Crippen molar-refractivity contribution in [1.82, 2.24) is 25.3 Å². The van der Waals surface area contributed by atoms with Gasteiger partial charge in [-0.3, -0.25) is 9.58 Å². The molecule has 0 aromatic carbocycles. The fourth-order valence-electron chi connectivity index (χ4n) is 3.09. The molecule has 0 bridgehead atoms. The minimum atomic E-state index is -0.104. The van der Waals surface area contributed by atoms with E-state index in [1.54, 1.807) is 0 Å². The Morgan fingerprint density at radius 2 is 2.12 bits per heavy atom. The number of aryl methyl sites for hydroxylation is 2. The van der Waals surface area contributed by atoms with Crippen molar-refractivity contribution in [3.05, 3.63) is 17.0 Å². The van der Waals surface area contributed by atoms with Crippen LogP contribution in [-0.4, -0.2) is 66.1 Å². The molecule has 1 aromatic heterocycles. The van der Waals surface area contributed by atoms with Gasteiger partial charge in [0.1, 0.15) is 0 Å². The van der Waals surface area contributed by atoms with Gasteiger partial charge in [-0.1, -0.05) is 0 Å². The third-order valence-electron chi connectivity index (χ3n) is 4.58. The molecular formula is C17H31N5O2. The summed E-state index contributed by atoms with van der Waals surface area (Å²) in [4.78, 5) is 14.4. The summed E-state index contributed by atoms with van der Waals surface area (Å²) in [6.07, 6.45) is 1.86. The SMILES string of the molecule is Cc1nn(C)c(C)c1C[C@@H](C)NC(=O)NCCN1CCCOCC1. The average Bonchev–Trinajstić information content (AvgIpc) is 2.74. The Bertz CT molecular complexity index is 535. The lowest BCUT2D eigenvalue weighted by molar-refractivity contribution is 0.141. The number of nitrogens with zero attached hydrogens (tertiary/aromatic N) is 3. The number of hydrogen-bond acceptors (Lipinski definition) is 4. The Morgan fingerprint density at radius 3 is 2.83 bits per heavy atom. The van der Waals surface area contributed by atoms with Crippen LogP contribution in [0.15, 0.2) is 0 Å². The van der Waals surface area contributed by atoms with Crippen LogP contribution in [0, 0.1) is 13.8 Å². The minimum absolute atomic E-state index is 0.0678. The van der Waals surface area contributed by atoms with E-state index in [0.29, 0.717) is 6.54 Å². The van der Waals surface area contributed by atoms with Gasteiger partial charge >= 0.3 is 6.03 Å². The maximum atomic E-state index is 12.0. The number of amides is 2. The number of carbonyl (C=O) groups is 1. The van der Waals surface area contributed by atoms with E-state index >= 15 is 0 Å². The number of carbonyl (C=O) groups excluding carboxylic acids is 1. The van der Waals surface area contributed by atoms with Crippen molar-refractivity contribution in [1.29, 1.82) is 0 Å². The number of rotatable bonds is 6. The molecular weight excluding hydrogens is 306 g/mol. The number of aromatic nitrogens is 2. The van der Waals surface area contributed by atoms with E-state index in [0.717, 1.165) is 57.1 Å². The van der Waals surface area contributed by atoms with Crippen LogP contribution in [0.4, 0.5) is 4.79 Å². The van der Waals surface area contributed by atoms with Crippen molar-refractivity contribution in [3.63, 3.8) is 0 Å². The maximum Gasteiger partial charge on any atom is 0.315 e. The Kier molecular flexibility index (Phi) is 7.05. The van der Waals surface area contributed by atoms with E-state index in [4.69, 9.17) is 4.74 Å². The highest BCUT2D eigenvalue weighted by Crippen LogP contribution is 2.14. The molecule has 0 unspecified atom stereocenters. The van der Waals surface area contributed by atoms with E-state index in [1.165, 1.54) is 5.56 Å². The van der Waals surface area contributed by atoms with Crippen LogP contribution < -0.4 is 10.6 Å². The van der Waals surface area contributed by atoms with Gasteiger partial charge in [0, 0.05) is 51.6 Å². The zero-order chi connectivity index (χ0) is 17.5. The van der Waals surface area contributed by atoms with Crippen LogP contribution in [0.5, 0.6) is 0 Å². The van der Waals surface area contributed by atoms with Crippen LogP contribution in [-0.2, 0) is 18.2 Å². The molecule has 2 heterocycles. The second-order valence-electron chi connectivity index (χ2n) is 6.59. The van der Waals surface area contributed by atoms with E-state index in [9.17, 15) is 4.79 Å². The second kappa shape index (κ2) is 9.03. The lowest BCUT2D eigenvalue weighted by Crippen LogP contribution is -2.44. The normalized spacial score (nSPS) is 17.3. The van der Waals surface area contributed by atoms with Crippen molar-refractivity contribution in [2.45, 2.75) is 39.7 Å². The molecule has 0 saturated carbocycles. The van der Waals surface area contributed by atoms with E-state index in [1.807, 2.05) is 25.6 Å². The van der Waals surface area contributed by atoms with E-state index in [-0.39, 0.29) is 12.1 Å². The van der Waals surface area contributed by atoms with Crippen LogP contribution >= 0.6 is 0 Å². The summed E-state index contributed by atoms with van der Waals surface area (Å²) in [5, 5.41) is 10.4. The predicted molar refractivity (Wildman–Crippen MR) is 94.3 cm³/mol. The largest absolute Gasteiger partial charge is 0.380 e. The molecule has 136 valence electrons. The summed E-state index contributed by atoms with van der Waals surface area (Å²) in [7, 11) is 1.95. The number of hydrogen-bond donors (Lipinski definition) is 2. The standard InChI is InChI=1S/C17H31N5O2/c1-13(12-16-14(2)20-21(4)15(16)3)19-17(23)18-6-8-22-7-5-10-24-11-9-22/h13H,5-12H2,1-4H3,(H2,18,19,23)/t13-/m1/s1. The smallest absolute Gasteiger partial charge is 0.315 e. The number of urea groups is 1. The van der Waals surface area contributed by atoms with Gasteiger partial charge in [0.15, 0.2) is 0 Å². The van der Waals surface area contributed by atoms with Crippen molar-refractivity contribution in [2.24, 2.45) is 7.05 Å². The van der Waals surface area contributed by atoms with E-state index < -0.39 is 0 Å². The maximum absolute atomic E-state index is 12.0. The van der Waals surface area contributed by atoms with Crippen LogP contribution in [0.2, 0.25) is 0 Å². The van der Waals surface area contributed by atoms with Crippen LogP contribution in [0.1, 0.15) is 30.3 Å². The fraction of sp³-hybridized carbons (Fsp3) is 0.765. The Labute approximate surface area is 144 Å². The summed E-state index contributed by atoms with van der Waals surface area (Å²) < 4.78 is 7.33. The van der Waals surface area contributed by atoms with Gasteiger partial charge in [0.2, 0.25) is 0 Å². The van der Waals surface area contributed by atoms with Crippen LogP contribution in [0.3, 0.4) is 0 Å². The molecule has 1 atom stereocenters. The molecule has 0 spiro atoms. The summed E-state index contributed by atoms with van der Waals surface area (Å²) >= 11 is 0. The first-order chi connectivity index (χ1) is 11.5. The molecule has 1 aliphatic rings. The Balaban J connectivity index is 1.69. The molecule has 0 radical (unpaired) electrons. The molecule has 1 aromatic rings. The minimum Gasteiger partial charge on any atom is -0.380 e. The van der Waals surface area contributed by atoms with Gasteiger partial charge in [-0.15, -0.1) is 0 Å². The van der Waals surface area contributed by atoms with Gasteiger partial charge in [0.05, 0.1) is 12.3 Å². The van der Waals surface area contributed by atoms with Crippen molar-refractivity contribution < 1.29 is 9.53 Å². The van der Waals surface area contributed by atoms with Gasteiger partial charge in [-0.2, -0.15) is 5.10 Å². The molecule has 0 aliphatic carbocycles. The van der Waals surface area contributed by atoms with Crippen molar-refractivity contribution >= 4 is 6.03 Å². The average molecular weight is 337 g/mol. The monoisotopic (exact) mass is 337 g/mol. The lowest BCUT2D eigenvalue weighted by atomic mass is 10.1. The Hall–Kier alpha value is -1.60. The highest BCUT2D eigenvalue weighted by Gasteiger charge is 2.15. The highest BCUT2D eigenvalue weighted by atomic mass is 16.5. The first kappa shape index (κ1) is 18.7. The first-order valence-corrected chi connectivity index (χ1v) is 8.81. The fourth-order valence-corrected chi connectivity index (χ4v) is 3.09. The molecule has 1 fully saturated rings. The van der Waals surface area contributed by atoms with Crippen LogP contribution in [0.25, 0.3) is 0 Å². The van der Waals surface area contributed by atoms with Gasteiger partial charge < -0.3 is 15.4 Å². The van der Waals surface area contributed by atoms with Gasteiger partial charge in [-0.05, 0) is 39.2 Å². The predicted octanol–water partition coefficient (Wildman–Crippen LogP) is 0.989. The number of nitrogens with one attached hydrogen (secondary N) is 2. The van der Waals surface area contributed by atoms with Gasteiger partial charge in [0.25, 0.3) is 0 Å². The number of ether oxygens (including phenoxy) is 1. The molecule has 7 heteroatoms. The zero-order valence-corrected chi connectivity index (χ0v) is 15.4. The second-order valence-corrected chi connectivity index (χ2v) is 6.59. The molecule has 2 amide bonds. The first-order valence-electron chi connectivity index (χ1n) is 8.81. The summed E-state index contributed by atoms with van der Waals surface area (Å²) in [5.41, 5.74) is 3.41. The van der Waals surface area contributed by atoms with E-state index in [2.05, 4.69) is 27.6 Å². The summed E-state index contributed by atoms with van der Waals surface area (Å²) in [6.45, 7) is 11.2. The highest BCUT2D eigenvalue weighted by molar-refractivity contribution is 5.74. The van der Waals surface area contributed by atoms with Crippen molar-refractivity contribution in [2.75, 3.05) is 39.4 Å². The Morgan fingerprint density at radius 1 is 1.33 bits per heavy atom. The molecule has 1 saturated heterocycles.